The van der Waals surface area contributed by atoms with Gasteiger partial charge in [-0.3, -0.25) is 4.79 Å². The fourth-order valence-corrected chi connectivity index (χ4v) is 3.04. The molecule has 3 aromatic rings. The number of phenolic OH excluding ortho intramolecular Hbond substituents is 1. The van der Waals surface area contributed by atoms with Crippen LogP contribution in [0.3, 0.4) is 0 Å². The lowest BCUT2D eigenvalue weighted by atomic mass is 10.1. The number of esters is 1. The lowest BCUT2D eigenvalue weighted by molar-refractivity contribution is 0.0600. The zero-order chi connectivity index (χ0) is 21.0. The predicted octanol–water partition coefficient (Wildman–Crippen LogP) is 4.62. The summed E-state index contributed by atoms with van der Waals surface area (Å²) < 4.78 is 11.0. The summed E-state index contributed by atoms with van der Waals surface area (Å²) in [6.07, 6.45) is 1.32. The molecule has 3 rings (SSSR count). The number of furan rings is 1. The van der Waals surface area contributed by atoms with Crippen LogP contribution in [0.15, 0.2) is 62.5 Å². The Hall–Kier alpha value is -3.10. The van der Waals surface area contributed by atoms with Crippen LogP contribution in [-0.4, -0.2) is 30.3 Å². The van der Waals surface area contributed by atoms with Crippen molar-refractivity contribution in [2.45, 2.75) is 0 Å². The first-order valence-electron chi connectivity index (χ1n) is 8.19. The van der Waals surface area contributed by atoms with Gasteiger partial charge in [0, 0.05) is 10.0 Å². The normalized spacial score (nSPS) is 10.9. The number of nitrogens with zero attached hydrogens (tertiary/aromatic N) is 1. The first kappa shape index (κ1) is 20.6. The monoisotopic (exact) mass is 476 g/mol. The molecule has 0 fully saturated rings. The van der Waals surface area contributed by atoms with E-state index in [0.717, 1.165) is 0 Å². The van der Waals surface area contributed by atoms with E-state index in [2.05, 4.69) is 31.2 Å². The highest BCUT2D eigenvalue weighted by atomic mass is 79.9. The van der Waals surface area contributed by atoms with Gasteiger partial charge in [0.2, 0.25) is 0 Å². The van der Waals surface area contributed by atoms with Gasteiger partial charge in [-0.2, -0.15) is 5.10 Å². The average Bonchev–Trinajstić information content (AvgIpc) is 3.18. The second-order valence-corrected chi connectivity index (χ2v) is 7.07. The maximum atomic E-state index is 12.1. The number of hydrogen-bond acceptors (Lipinski definition) is 6. The van der Waals surface area contributed by atoms with Gasteiger partial charge in [-0.05, 0) is 42.5 Å². The summed E-state index contributed by atoms with van der Waals surface area (Å²) in [5, 5.41) is 13.8. The zero-order valence-corrected chi connectivity index (χ0v) is 17.3. The third kappa shape index (κ3) is 4.85. The van der Waals surface area contributed by atoms with E-state index in [1.807, 2.05) is 0 Å². The van der Waals surface area contributed by atoms with Crippen LogP contribution in [0.1, 0.15) is 26.5 Å². The van der Waals surface area contributed by atoms with Gasteiger partial charge in [0.15, 0.2) is 0 Å². The molecule has 0 spiro atoms. The molecule has 0 aliphatic carbocycles. The number of ether oxygens (including phenoxy) is 1. The molecule has 2 N–H and O–H groups in total. The van der Waals surface area contributed by atoms with E-state index in [4.69, 9.17) is 16.0 Å². The highest BCUT2D eigenvalue weighted by molar-refractivity contribution is 9.10. The molecular weight excluding hydrogens is 464 g/mol. The molecule has 0 atom stereocenters. The molecular formula is C20H14BrClN2O5. The third-order valence-corrected chi connectivity index (χ3v) is 4.65. The Bertz CT molecular complexity index is 1110. The van der Waals surface area contributed by atoms with Crippen molar-refractivity contribution in [3.05, 3.63) is 74.9 Å². The number of benzene rings is 2. The van der Waals surface area contributed by atoms with Crippen LogP contribution in [0.5, 0.6) is 5.75 Å². The standard InChI is InChI=1S/C20H14BrClN2O5/c1-28-20(27)14-5-2-11(8-16(14)22)18-7-4-13(29-18)10-23-24-19(26)15-9-12(21)3-6-17(15)25/h2-10,25H,1H3,(H,24,26)/b23-10+. The molecule has 0 aliphatic rings. The summed E-state index contributed by atoms with van der Waals surface area (Å²) in [5.74, 6) is -0.376. The van der Waals surface area contributed by atoms with Crippen molar-refractivity contribution in [2.75, 3.05) is 7.11 Å². The summed E-state index contributed by atoms with van der Waals surface area (Å²) in [6, 6.07) is 12.7. The number of hydrogen-bond donors (Lipinski definition) is 2. The molecule has 1 amide bonds. The molecule has 29 heavy (non-hydrogen) atoms. The summed E-state index contributed by atoms with van der Waals surface area (Å²) in [6.45, 7) is 0. The molecule has 148 valence electrons. The predicted molar refractivity (Wildman–Crippen MR) is 111 cm³/mol. The lowest BCUT2D eigenvalue weighted by Gasteiger charge is -2.04. The molecule has 1 heterocycles. The van der Waals surface area contributed by atoms with Crippen LogP contribution in [-0.2, 0) is 4.74 Å². The van der Waals surface area contributed by atoms with Crippen LogP contribution >= 0.6 is 27.5 Å². The quantitative estimate of drug-likeness (QED) is 0.317. The molecule has 1 aromatic heterocycles. The van der Waals surface area contributed by atoms with Crippen LogP contribution in [0, 0.1) is 0 Å². The van der Waals surface area contributed by atoms with Crippen molar-refractivity contribution in [1.82, 2.24) is 5.43 Å². The van der Waals surface area contributed by atoms with Crippen LogP contribution in [0.4, 0.5) is 0 Å². The first-order chi connectivity index (χ1) is 13.9. The van der Waals surface area contributed by atoms with Gasteiger partial charge in [-0.15, -0.1) is 0 Å². The number of phenols is 1. The second kappa shape index (κ2) is 8.93. The fourth-order valence-electron chi connectivity index (χ4n) is 2.43. The van der Waals surface area contributed by atoms with Gasteiger partial charge in [-0.25, -0.2) is 10.2 Å². The molecule has 0 bridgehead atoms. The topological polar surface area (TPSA) is 101 Å². The van der Waals surface area contributed by atoms with Gasteiger partial charge in [-0.1, -0.05) is 33.6 Å². The van der Waals surface area contributed by atoms with Crippen molar-refractivity contribution in [1.29, 1.82) is 0 Å². The van der Waals surface area contributed by atoms with Crippen molar-refractivity contribution < 1.29 is 23.8 Å². The summed E-state index contributed by atoms with van der Waals surface area (Å²) in [7, 11) is 1.28. The van der Waals surface area contributed by atoms with Crippen LogP contribution < -0.4 is 5.43 Å². The molecule has 0 unspecified atom stereocenters. The summed E-state index contributed by atoms with van der Waals surface area (Å²) in [4.78, 5) is 23.7. The Labute approximate surface area is 179 Å². The minimum Gasteiger partial charge on any atom is -0.507 e. The number of carbonyl (C=O) groups is 2. The maximum absolute atomic E-state index is 12.1. The molecule has 0 aliphatic heterocycles. The first-order valence-corrected chi connectivity index (χ1v) is 9.36. The van der Waals surface area contributed by atoms with Crippen molar-refractivity contribution in [2.24, 2.45) is 5.10 Å². The molecule has 9 heteroatoms. The number of amides is 1. The highest BCUT2D eigenvalue weighted by Gasteiger charge is 2.13. The van der Waals surface area contributed by atoms with Gasteiger partial charge in [0.25, 0.3) is 5.91 Å². The number of rotatable bonds is 5. The van der Waals surface area contributed by atoms with E-state index in [-0.39, 0.29) is 21.9 Å². The Balaban J connectivity index is 1.70. The molecule has 0 radical (unpaired) electrons. The van der Waals surface area contributed by atoms with E-state index in [9.17, 15) is 14.7 Å². The number of hydrazone groups is 1. The van der Waals surface area contributed by atoms with Gasteiger partial charge in [0.1, 0.15) is 17.3 Å². The largest absolute Gasteiger partial charge is 0.507 e. The number of aromatic hydroxyl groups is 1. The number of halogens is 2. The van der Waals surface area contributed by atoms with Gasteiger partial charge >= 0.3 is 5.97 Å². The van der Waals surface area contributed by atoms with Crippen LogP contribution in [0.25, 0.3) is 11.3 Å². The molecule has 0 saturated heterocycles. The maximum Gasteiger partial charge on any atom is 0.339 e. The number of methoxy groups -OCH3 is 1. The second-order valence-electron chi connectivity index (χ2n) is 5.75. The number of nitrogens with one attached hydrogen (secondary N) is 1. The lowest BCUT2D eigenvalue weighted by Crippen LogP contribution is -2.17. The molecule has 2 aromatic carbocycles. The highest BCUT2D eigenvalue weighted by Crippen LogP contribution is 2.27. The SMILES string of the molecule is COC(=O)c1ccc(-c2ccc(/C=N/NC(=O)c3cc(Br)ccc3O)o2)cc1Cl. The van der Waals surface area contributed by atoms with Crippen molar-refractivity contribution in [3.8, 4) is 17.1 Å². The Morgan fingerprint density at radius 2 is 1.97 bits per heavy atom. The zero-order valence-electron chi connectivity index (χ0n) is 15.0. The summed E-state index contributed by atoms with van der Waals surface area (Å²) >= 11 is 9.36. The van der Waals surface area contributed by atoms with Gasteiger partial charge in [0.05, 0.1) is 29.5 Å². The Kier molecular flexibility index (Phi) is 6.36. The minimum absolute atomic E-state index is 0.0806. The molecule has 7 nitrogen and oxygen atoms in total. The average molecular weight is 478 g/mol. The van der Waals surface area contributed by atoms with Crippen LogP contribution in [0.2, 0.25) is 5.02 Å². The van der Waals surface area contributed by atoms with Gasteiger partial charge < -0.3 is 14.3 Å². The van der Waals surface area contributed by atoms with E-state index < -0.39 is 11.9 Å². The Morgan fingerprint density at radius 3 is 2.69 bits per heavy atom. The third-order valence-electron chi connectivity index (χ3n) is 3.85. The van der Waals surface area contributed by atoms with E-state index in [1.54, 1.807) is 36.4 Å². The molecule has 0 saturated carbocycles. The number of carbonyl (C=O) groups excluding carboxylic acids is 2. The summed E-state index contributed by atoms with van der Waals surface area (Å²) in [5.41, 5.74) is 3.31. The minimum atomic E-state index is -0.572. The Morgan fingerprint density at radius 1 is 1.17 bits per heavy atom. The van der Waals surface area contributed by atoms with E-state index in [0.29, 0.717) is 21.6 Å². The fraction of sp³-hybridized carbons (Fsp3) is 0.0500. The van der Waals surface area contributed by atoms with E-state index in [1.165, 1.54) is 25.5 Å². The van der Waals surface area contributed by atoms with E-state index >= 15 is 0 Å². The van der Waals surface area contributed by atoms with Crippen molar-refractivity contribution in [3.63, 3.8) is 0 Å². The smallest absolute Gasteiger partial charge is 0.339 e. The van der Waals surface area contributed by atoms with Crippen molar-refractivity contribution >= 4 is 45.6 Å².